The minimum Gasteiger partial charge on any atom is -0.452 e. The maximum atomic E-state index is 12.1. The average molecular weight is 325 g/mol. The number of hydrogen-bond acceptors (Lipinski definition) is 6. The first-order valence-electron chi connectivity index (χ1n) is 7.30. The van der Waals surface area contributed by atoms with E-state index in [0.29, 0.717) is 17.1 Å². The number of amides is 1. The van der Waals surface area contributed by atoms with Gasteiger partial charge in [-0.1, -0.05) is 11.2 Å². The third kappa shape index (κ3) is 3.10. The molecule has 0 radical (unpaired) electrons. The molecule has 0 aliphatic carbocycles. The number of benzene rings is 1. The number of nitrogens with one attached hydrogen (secondary N) is 1. The van der Waals surface area contributed by atoms with Gasteiger partial charge in [-0.15, -0.1) is 0 Å². The molecule has 0 saturated heterocycles. The number of anilines is 1. The Morgan fingerprint density at radius 2 is 2.04 bits per heavy atom. The lowest BCUT2D eigenvalue weighted by molar-refractivity contribution is -0.119. The lowest BCUT2D eigenvalue weighted by Crippen LogP contribution is -2.21. The number of carbonyl (C=O) groups excluding carboxylic acids is 2. The molecule has 0 fully saturated rings. The molecule has 0 saturated carbocycles. The molecule has 1 aromatic carbocycles. The second-order valence-corrected chi connectivity index (χ2v) is 5.20. The van der Waals surface area contributed by atoms with Gasteiger partial charge in [-0.25, -0.2) is 4.79 Å². The number of aryl methyl sites for hydroxylation is 2. The van der Waals surface area contributed by atoms with Gasteiger partial charge in [0.1, 0.15) is 11.3 Å². The number of aromatic nitrogens is 2. The first-order valence-corrected chi connectivity index (χ1v) is 7.30. The van der Waals surface area contributed by atoms with Crippen LogP contribution >= 0.6 is 0 Å². The Bertz CT molecular complexity index is 892. The van der Waals surface area contributed by atoms with E-state index in [2.05, 4.69) is 15.5 Å². The molecular formula is C17H15N3O4. The molecule has 0 aliphatic heterocycles. The molecule has 24 heavy (non-hydrogen) atoms. The first kappa shape index (κ1) is 15.7. The fourth-order valence-electron chi connectivity index (χ4n) is 2.38. The normalized spacial score (nSPS) is 10.6. The Balaban J connectivity index is 1.67. The quantitative estimate of drug-likeness (QED) is 0.741. The summed E-state index contributed by atoms with van der Waals surface area (Å²) in [7, 11) is 0. The molecule has 3 rings (SSSR count). The SMILES string of the molecule is Cc1noc(C)c1C(=O)OCC(=O)Nc1cccc2ncccc12. The first-order chi connectivity index (χ1) is 11.6. The third-order valence-electron chi connectivity index (χ3n) is 3.49. The van der Waals surface area contributed by atoms with Gasteiger partial charge in [0.25, 0.3) is 5.91 Å². The van der Waals surface area contributed by atoms with Crippen LogP contribution in [-0.2, 0) is 9.53 Å². The van der Waals surface area contributed by atoms with Gasteiger partial charge < -0.3 is 14.6 Å². The van der Waals surface area contributed by atoms with Crippen molar-refractivity contribution in [1.82, 2.24) is 10.1 Å². The molecule has 2 heterocycles. The van der Waals surface area contributed by atoms with Crippen LogP contribution in [0.1, 0.15) is 21.8 Å². The number of fused-ring (bicyclic) bond motifs is 1. The Kier molecular flexibility index (Phi) is 4.24. The average Bonchev–Trinajstić information content (AvgIpc) is 2.92. The summed E-state index contributed by atoms with van der Waals surface area (Å²) in [6, 6.07) is 9.05. The van der Waals surface area contributed by atoms with E-state index in [4.69, 9.17) is 9.26 Å². The predicted molar refractivity (Wildman–Crippen MR) is 86.6 cm³/mol. The summed E-state index contributed by atoms with van der Waals surface area (Å²) in [5.74, 6) is -0.717. The standard InChI is InChI=1S/C17H15N3O4/c1-10-16(11(2)24-20-10)17(22)23-9-15(21)19-14-7-3-6-13-12(14)5-4-8-18-13/h3-8H,9H2,1-2H3,(H,19,21). The lowest BCUT2D eigenvalue weighted by atomic mass is 10.2. The summed E-state index contributed by atoms with van der Waals surface area (Å²) in [4.78, 5) is 28.3. The zero-order valence-electron chi connectivity index (χ0n) is 13.2. The molecule has 1 N–H and O–H groups in total. The highest BCUT2D eigenvalue weighted by Crippen LogP contribution is 2.21. The monoisotopic (exact) mass is 325 g/mol. The van der Waals surface area contributed by atoms with Crippen LogP contribution in [0.3, 0.4) is 0 Å². The second-order valence-electron chi connectivity index (χ2n) is 5.20. The van der Waals surface area contributed by atoms with Crippen molar-refractivity contribution in [2.45, 2.75) is 13.8 Å². The molecule has 0 unspecified atom stereocenters. The van der Waals surface area contributed by atoms with Crippen LogP contribution in [0.4, 0.5) is 5.69 Å². The molecule has 3 aromatic rings. The zero-order chi connectivity index (χ0) is 17.1. The molecule has 0 bridgehead atoms. The van der Waals surface area contributed by atoms with Gasteiger partial charge in [0.05, 0.1) is 16.9 Å². The molecule has 7 heteroatoms. The highest BCUT2D eigenvalue weighted by atomic mass is 16.5. The predicted octanol–water partition coefficient (Wildman–Crippen LogP) is 2.64. The number of esters is 1. The third-order valence-corrected chi connectivity index (χ3v) is 3.49. The summed E-state index contributed by atoms with van der Waals surface area (Å²) in [5, 5.41) is 7.21. The van der Waals surface area contributed by atoms with Crippen LogP contribution in [-0.4, -0.2) is 28.6 Å². The summed E-state index contributed by atoms with van der Waals surface area (Å²) >= 11 is 0. The van der Waals surface area contributed by atoms with Crippen LogP contribution in [0, 0.1) is 13.8 Å². The van der Waals surface area contributed by atoms with E-state index in [9.17, 15) is 9.59 Å². The van der Waals surface area contributed by atoms with Gasteiger partial charge in [0.2, 0.25) is 0 Å². The van der Waals surface area contributed by atoms with Crippen molar-refractivity contribution in [1.29, 1.82) is 0 Å². The van der Waals surface area contributed by atoms with E-state index in [1.54, 1.807) is 38.2 Å². The van der Waals surface area contributed by atoms with Gasteiger partial charge in [0.15, 0.2) is 6.61 Å². The largest absolute Gasteiger partial charge is 0.452 e. The maximum absolute atomic E-state index is 12.1. The number of pyridine rings is 1. The topological polar surface area (TPSA) is 94.3 Å². The number of ether oxygens (including phenoxy) is 1. The van der Waals surface area contributed by atoms with Crippen LogP contribution in [0.25, 0.3) is 10.9 Å². The number of hydrogen-bond donors (Lipinski definition) is 1. The minimum atomic E-state index is -0.638. The van der Waals surface area contributed by atoms with Crippen molar-refractivity contribution in [3.05, 3.63) is 53.5 Å². The fraction of sp³-hybridized carbons (Fsp3) is 0.176. The van der Waals surface area contributed by atoms with Crippen molar-refractivity contribution >= 4 is 28.5 Å². The van der Waals surface area contributed by atoms with Crippen LogP contribution in [0.2, 0.25) is 0 Å². The second kappa shape index (κ2) is 6.49. The molecule has 2 aromatic heterocycles. The van der Waals surface area contributed by atoms with Crippen LogP contribution < -0.4 is 5.32 Å². The van der Waals surface area contributed by atoms with E-state index < -0.39 is 18.5 Å². The van der Waals surface area contributed by atoms with Crippen molar-refractivity contribution in [3.63, 3.8) is 0 Å². The van der Waals surface area contributed by atoms with Crippen LogP contribution in [0.5, 0.6) is 0 Å². The Labute approximate surface area is 137 Å². The van der Waals surface area contributed by atoms with Crippen molar-refractivity contribution in [3.8, 4) is 0 Å². The van der Waals surface area contributed by atoms with Crippen molar-refractivity contribution < 1.29 is 18.8 Å². The van der Waals surface area contributed by atoms with Gasteiger partial charge >= 0.3 is 5.97 Å². The number of nitrogens with zero attached hydrogens (tertiary/aromatic N) is 2. The molecule has 122 valence electrons. The van der Waals surface area contributed by atoms with Crippen molar-refractivity contribution in [2.24, 2.45) is 0 Å². The van der Waals surface area contributed by atoms with E-state index in [1.807, 2.05) is 12.1 Å². The van der Waals surface area contributed by atoms with Gasteiger partial charge in [0, 0.05) is 11.6 Å². The smallest absolute Gasteiger partial charge is 0.344 e. The van der Waals surface area contributed by atoms with Gasteiger partial charge in [-0.05, 0) is 38.1 Å². The molecule has 0 spiro atoms. The zero-order valence-corrected chi connectivity index (χ0v) is 13.2. The summed E-state index contributed by atoms with van der Waals surface area (Å²) < 4.78 is 9.94. The molecule has 0 atom stereocenters. The lowest BCUT2D eigenvalue weighted by Gasteiger charge is -2.08. The Hall–Kier alpha value is -3.22. The van der Waals surface area contributed by atoms with Gasteiger partial charge in [-0.3, -0.25) is 9.78 Å². The minimum absolute atomic E-state index is 0.247. The van der Waals surface area contributed by atoms with E-state index in [1.165, 1.54) is 0 Å². The van der Waals surface area contributed by atoms with Gasteiger partial charge in [-0.2, -0.15) is 0 Å². The summed E-state index contributed by atoms with van der Waals surface area (Å²) in [5.41, 5.74) is 2.05. The maximum Gasteiger partial charge on any atom is 0.344 e. The van der Waals surface area contributed by atoms with Crippen LogP contribution in [0.15, 0.2) is 41.1 Å². The number of rotatable bonds is 4. The van der Waals surface area contributed by atoms with Crippen molar-refractivity contribution in [2.75, 3.05) is 11.9 Å². The fourth-order valence-corrected chi connectivity index (χ4v) is 2.38. The molecule has 1 amide bonds. The Morgan fingerprint density at radius 1 is 1.21 bits per heavy atom. The molecule has 7 nitrogen and oxygen atoms in total. The highest BCUT2D eigenvalue weighted by molar-refractivity contribution is 6.02. The van der Waals surface area contributed by atoms with E-state index >= 15 is 0 Å². The molecular weight excluding hydrogens is 310 g/mol. The molecule has 0 aliphatic rings. The van der Waals surface area contributed by atoms with E-state index in [-0.39, 0.29) is 5.56 Å². The van der Waals surface area contributed by atoms with E-state index in [0.717, 1.165) is 10.9 Å². The Morgan fingerprint density at radius 3 is 2.79 bits per heavy atom. The summed E-state index contributed by atoms with van der Waals surface area (Å²) in [6.45, 7) is 2.84. The summed E-state index contributed by atoms with van der Waals surface area (Å²) in [6.07, 6.45) is 1.68. The highest BCUT2D eigenvalue weighted by Gasteiger charge is 2.20. The number of carbonyl (C=O) groups is 2.